The van der Waals surface area contributed by atoms with Crippen LogP contribution in [0.5, 0.6) is 0 Å². The molecular formula is C11H13N. The summed E-state index contributed by atoms with van der Waals surface area (Å²) in [6, 6.07) is 10.2. The Bertz CT molecular complexity index is 262. The van der Waals surface area contributed by atoms with Crippen LogP contribution in [0.1, 0.15) is 0 Å². The fourth-order valence-corrected chi connectivity index (χ4v) is 0.939. The molecule has 0 fully saturated rings. The molecule has 0 amide bonds. The van der Waals surface area contributed by atoms with Gasteiger partial charge in [-0.3, -0.25) is 0 Å². The van der Waals surface area contributed by atoms with E-state index in [-0.39, 0.29) is 0 Å². The zero-order chi connectivity index (χ0) is 8.81. The molecule has 62 valence electrons. The first-order chi connectivity index (χ1) is 5.84. The van der Waals surface area contributed by atoms with Gasteiger partial charge in [0.25, 0.3) is 0 Å². The average molecular weight is 159 g/mol. The highest BCUT2D eigenvalue weighted by Gasteiger charge is 1.91. The monoisotopic (exact) mass is 159 g/mol. The molecule has 1 heteroatoms. The number of allylic oxidation sites excluding steroid dienone is 2. The number of rotatable bonds is 3. The SMILES string of the molecule is C=C/C=C/N(C)c1ccccc1. The summed E-state index contributed by atoms with van der Waals surface area (Å²) < 4.78 is 0. The quantitative estimate of drug-likeness (QED) is 0.613. The Hall–Kier alpha value is -1.50. The van der Waals surface area contributed by atoms with Crippen molar-refractivity contribution in [2.24, 2.45) is 0 Å². The van der Waals surface area contributed by atoms with Crippen LogP contribution in [-0.4, -0.2) is 7.05 Å². The number of hydrogen-bond donors (Lipinski definition) is 0. The first-order valence-electron chi connectivity index (χ1n) is 3.91. The number of hydrogen-bond acceptors (Lipinski definition) is 1. The maximum atomic E-state index is 3.61. The number of para-hydroxylation sites is 1. The lowest BCUT2D eigenvalue weighted by Gasteiger charge is -2.12. The molecule has 0 heterocycles. The van der Waals surface area contributed by atoms with Gasteiger partial charge < -0.3 is 4.90 Å². The largest absolute Gasteiger partial charge is 0.351 e. The fraction of sp³-hybridized carbons (Fsp3) is 0.0909. The Morgan fingerprint density at radius 2 is 1.92 bits per heavy atom. The Labute approximate surface area is 73.6 Å². The molecule has 1 aromatic rings. The summed E-state index contributed by atoms with van der Waals surface area (Å²) in [4.78, 5) is 2.04. The molecule has 0 radical (unpaired) electrons. The second-order valence-electron chi connectivity index (χ2n) is 2.52. The van der Waals surface area contributed by atoms with Crippen molar-refractivity contribution in [2.75, 3.05) is 11.9 Å². The van der Waals surface area contributed by atoms with Gasteiger partial charge in [-0.15, -0.1) is 0 Å². The molecule has 0 saturated carbocycles. The van der Waals surface area contributed by atoms with Gasteiger partial charge in [0.1, 0.15) is 0 Å². The van der Waals surface area contributed by atoms with Crippen LogP contribution in [0.15, 0.2) is 55.3 Å². The molecule has 0 N–H and O–H groups in total. The third-order valence-corrected chi connectivity index (χ3v) is 1.61. The van der Waals surface area contributed by atoms with E-state index in [1.807, 2.05) is 42.4 Å². The average Bonchev–Trinajstić information content (AvgIpc) is 2.15. The van der Waals surface area contributed by atoms with E-state index in [9.17, 15) is 0 Å². The van der Waals surface area contributed by atoms with Crippen molar-refractivity contribution < 1.29 is 0 Å². The molecule has 1 rings (SSSR count). The van der Waals surface area contributed by atoms with E-state index in [0.717, 1.165) is 0 Å². The molecule has 1 aromatic carbocycles. The first-order valence-corrected chi connectivity index (χ1v) is 3.91. The Morgan fingerprint density at radius 1 is 1.25 bits per heavy atom. The predicted octanol–water partition coefficient (Wildman–Crippen LogP) is 2.82. The van der Waals surface area contributed by atoms with Crippen molar-refractivity contribution in [1.82, 2.24) is 0 Å². The van der Waals surface area contributed by atoms with Crippen molar-refractivity contribution in [3.8, 4) is 0 Å². The van der Waals surface area contributed by atoms with Crippen molar-refractivity contribution in [2.45, 2.75) is 0 Å². The van der Waals surface area contributed by atoms with Crippen LogP contribution < -0.4 is 4.90 Å². The van der Waals surface area contributed by atoms with E-state index in [4.69, 9.17) is 0 Å². The third-order valence-electron chi connectivity index (χ3n) is 1.61. The van der Waals surface area contributed by atoms with Gasteiger partial charge >= 0.3 is 0 Å². The lowest BCUT2D eigenvalue weighted by molar-refractivity contribution is 1.20. The van der Waals surface area contributed by atoms with Gasteiger partial charge in [-0.25, -0.2) is 0 Å². The van der Waals surface area contributed by atoms with Crippen LogP contribution >= 0.6 is 0 Å². The van der Waals surface area contributed by atoms with Crippen LogP contribution in [-0.2, 0) is 0 Å². The van der Waals surface area contributed by atoms with E-state index in [1.54, 1.807) is 6.08 Å². The van der Waals surface area contributed by atoms with Crippen LogP contribution in [0, 0.1) is 0 Å². The molecule has 0 aliphatic rings. The number of benzene rings is 1. The highest BCUT2D eigenvalue weighted by Crippen LogP contribution is 2.10. The molecule has 1 nitrogen and oxygen atoms in total. The van der Waals surface area contributed by atoms with Crippen molar-refractivity contribution in [3.05, 3.63) is 55.3 Å². The molecule has 0 unspecified atom stereocenters. The maximum Gasteiger partial charge on any atom is 0.0403 e. The van der Waals surface area contributed by atoms with Gasteiger partial charge in [-0.2, -0.15) is 0 Å². The molecule has 0 atom stereocenters. The minimum atomic E-state index is 1.18. The molecule has 0 spiro atoms. The van der Waals surface area contributed by atoms with Crippen LogP contribution in [0.3, 0.4) is 0 Å². The van der Waals surface area contributed by atoms with E-state index in [2.05, 4.69) is 18.7 Å². The Balaban J connectivity index is 2.71. The summed E-state index contributed by atoms with van der Waals surface area (Å²) in [5.74, 6) is 0. The third kappa shape index (κ3) is 2.27. The normalized spacial score (nSPS) is 10.1. The molecule has 0 aliphatic heterocycles. The van der Waals surface area contributed by atoms with Gasteiger partial charge in [0.15, 0.2) is 0 Å². The smallest absolute Gasteiger partial charge is 0.0403 e. The fourth-order valence-electron chi connectivity index (χ4n) is 0.939. The zero-order valence-electron chi connectivity index (χ0n) is 7.27. The van der Waals surface area contributed by atoms with Gasteiger partial charge in [-0.05, 0) is 18.2 Å². The molecule has 0 aliphatic carbocycles. The summed E-state index contributed by atoms with van der Waals surface area (Å²) >= 11 is 0. The minimum Gasteiger partial charge on any atom is -0.351 e. The molecule has 0 bridgehead atoms. The summed E-state index contributed by atoms with van der Waals surface area (Å²) in [5.41, 5.74) is 1.18. The lowest BCUT2D eigenvalue weighted by Crippen LogP contribution is -2.06. The highest BCUT2D eigenvalue weighted by atomic mass is 15.1. The van der Waals surface area contributed by atoms with Gasteiger partial charge in [0, 0.05) is 18.9 Å². The van der Waals surface area contributed by atoms with E-state index in [1.165, 1.54) is 5.69 Å². The Morgan fingerprint density at radius 3 is 2.50 bits per heavy atom. The van der Waals surface area contributed by atoms with Crippen molar-refractivity contribution in [1.29, 1.82) is 0 Å². The highest BCUT2D eigenvalue weighted by molar-refractivity contribution is 5.47. The van der Waals surface area contributed by atoms with Crippen LogP contribution in [0.2, 0.25) is 0 Å². The summed E-state index contributed by atoms with van der Waals surface area (Å²) in [5, 5.41) is 0. The van der Waals surface area contributed by atoms with Crippen LogP contribution in [0.4, 0.5) is 5.69 Å². The van der Waals surface area contributed by atoms with Crippen molar-refractivity contribution >= 4 is 5.69 Å². The number of nitrogens with zero attached hydrogens (tertiary/aromatic N) is 1. The van der Waals surface area contributed by atoms with E-state index >= 15 is 0 Å². The Kier molecular flexibility index (Phi) is 3.15. The lowest BCUT2D eigenvalue weighted by atomic mass is 10.3. The van der Waals surface area contributed by atoms with Crippen LogP contribution in [0.25, 0.3) is 0 Å². The second-order valence-corrected chi connectivity index (χ2v) is 2.52. The molecular weight excluding hydrogens is 146 g/mol. The van der Waals surface area contributed by atoms with Crippen molar-refractivity contribution in [3.63, 3.8) is 0 Å². The number of anilines is 1. The van der Waals surface area contributed by atoms with Gasteiger partial charge in [0.05, 0.1) is 0 Å². The standard InChI is InChI=1S/C11H13N/c1-3-4-10-12(2)11-8-6-5-7-9-11/h3-10H,1H2,2H3/b10-4+. The molecule has 0 aromatic heterocycles. The van der Waals surface area contributed by atoms with E-state index in [0.29, 0.717) is 0 Å². The molecule has 12 heavy (non-hydrogen) atoms. The maximum absolute atomic E-state index is 3.61. The first kappa shape index (κ1) is 8.60. The van der Waals surface area contributed by atoms with E-state index < -0.39 is 0 Å². The van der Waals surface area contributed by atoms with Gasteiger partial charge in [-0.1, -0.05) is 30.9 Å². The summed E-state index contributed by atoms with van der Waals surface area (Å²) in [7, 11) is 2.01. The topological polar surface area (TPSA) is 3.24 Å². The summed E-state index contributed by atoms with van der Waals surface area (Å²) in [6.45, 7) is 3.61. The van der Waals surface area contributed by atoms with Gasteiger partial charge in [0.2, 0.25) is 0 Å². The summed E-state index contributed by atoms with van der Waals surface area (Å²) in [6.07, 6.45) is 5.65. The minimum absolute atomic E-state index is 1.18. The zero-order valence-corrected chi connectivity index (χ0v) is 7.27. The second kappa shape index (κ2) is 4.39. The molecule has 0 saturated heterocycles. The predicted molar refractivity (Wildman–Crippen MR) is 54.2 cm³/mol.